The molecule has 0 radical (unpaired) electrons. The third-order valence-corrected chi connectivity index (χ3v) is 4.50. The van der Waals surface area contributed by atoms with Crippen LogP contribution in [0.2, 0.25) is 0 Å². The van der Waals surface area contributed by atoms with Gasteiger partial charge in [0, 0.05) is 17.4 Å². The zero-order valence-electron chi connectivity index (χ0n) is 13.9. The summed E-state index contributed by atoms with van der Waals surface area (Å²) in [6, 6.07) is 10.7. The van der Waals surface area contributed by atoms with E-state index in [0.717, 1.165) is 0 Å². The number of hydrogen-bond acceptors (Lipinski definition) is 4. The molecule has 1 aliphatic heterocycles. The largest absolute Gasteiger partial charge is 0.486 e. The van der Waals surface area contributed by atoms with E-state index in [1.165, 1.54) is 18.2 Å². The first-order valence-electron chi connectivity index (χ1n) is 8.35. The smallest absolute Gasteiger partial charge is 0.240 e. The van der Waals surface area contributed by atoms with Gasteiger partial charge in [0.1, 0.15) is 24.4 Å². The molecule has 2 N–H and O–H groups in total. The predicted octanol–water partition coefficient (Wildman–Crippen LogP) is 2.95. The van der Waals surface area contributed by atoms with Crippen molar-refractivity contribution in [3.63, 3.8) is 0 Å². The summed E-state index contributed by atoms with van der Waals surface area (Å²) in [6.45, 7) is 0.937. The predicted molar refractivity (Wildman–Crippen MR) is 92.8 cm³/mol. The highest BCUT2D eigenvalue weighted by Gasteiger charge is 2.56. The minimum Gasteiger partial charge on any atom is -0.486 e. The van der Waals surface area contributed by atoms with Crippen molar-refractivity contribution in [2.24, 2.45) is 5.41 Å². The van der Waals surface area contributed by atoms with E-state index >= 15 is 0 Å². The van der Waals surface area contributed by atoms with Crippen molar-refractivity contribution in [3.05, 3.63) is 48.3 Å². The lowest BCUT2D eigenvalue weighted by Gasteiger charge is -2.20. The molecule has 4 rings (SSSR count). The number of carbonyl (C=O) groups excluding carboxylic acids is 2. The quantitative estimate of drug-likeness (QED) is 0.826. The van der Waals surface area contributed by atoms with E-state index in [9.17, 15) is 14.0 Å². The lowest BCUT2D eigenvalue weighted by Crippen LogP contribution is -2.35. The average Bonchev–Trinajstić information content (AvgIpc) is 3.44. The van der Waals surface area contributed by atoms with Gasteiger partial charge in [0.15, 0.2) is 11.5 Å². The fraction of sp³-hybridized carbons (Fsp3) is 0.263. The van der Waals surface area contributed by atoms with Crippen molar-refractivity contribution in [1.29, 1.82) is 0 Å². The standard InChI is InChI=1S/C19H17FN2O4/c20-12-2-1-3-13(10-12)21-17(23)19(6-7-19)18(24)22-14-4-5-15-16(11-14)26-9-8-25-15/h1-5,10-11H,6-9H2,(H,21,23)(H,22,24). The number of rotatable bonds is 4. The van der Waals surface area contributed by atoms with Crippen LogP contribution in [0, 0.1) is 11.2 Å². The van der Waals surface area contributed by atoms with Gasteiger partial charge in [-0.3, -0.25) is 9.59 Å². The maximum atomic E-state index is 13.3. The molecule has 2 aliphatic rings. The van der Waals surface area contributed by atoms with Crippen molar-refractivity contribution in [2.75, 3.05) is 23.8 Å². The normalized spacial score (nSPS) is 16.5. The molecule has 0 bridgehead atoms. The van der Waals surface area contributed by atoms with Crippen LogP contribution in [0.1, 0.15) is 12.8 Å². The zero-order chi connectivity index (χ0) is 18.1. The second-order valence-corrected chi connectivity index (χ2v) is 6.36. The number of benzene rings is 2. The number of anilines is 2. The lowest BCUT2D eigenvalue weighted by molar-refractivity contribution is -0.131. The summed E-state index contributed by atoms with van der Waals surface area (Å²) in [5, 5.41) is 5.38. The monoisotopic (exact) mass is 356 g/mol. The summed E-state index contributed by atoms with van der Waals surface area (Å²) in [5.41, 5.74) is -0.267. The van der Waals surface area contributed by atoms with Gasteiger partial charge >= 0.3 is 0 Å². The van der Waals surface area contributed by atoms with E-state index in [-0.39, 0.29) is 5.91 Å². The second kappa shape index (κ2) is 6.33. The second-order valence-electron chi connectivity index (χ2n) is 6.36. The molecule has 2 aromatic carbocycles. The van der Waals surface area contributed by atoms with Crippen LogP contribution in [0.15, 0.2) is 42.5 Å². The Labute approximate surface area is 149 Å². The number of ether oxygens (including phenoxy) is 2. The lowest BCUT2D eigenvalue weighted by atomic mass is 10.0. The van der Waals surface area contributed by atoms with Gasteiger partial charge in [-0.05, 0) is 43.2 Å². The van der Waals surface area contributed by atoms with Crippen LogP contribution in [0.5, 0.6) is 11.5 Å². The first-order chi connectivity index (χ1) is 12.6. The van der Waals surface area contributed by atoms with Crippen LogP contribution < -0.4 is 20.1 Å². The molecule has 2 amide bonds. The summed E-state index contributed by atoms with van der Waals surface area (Å²) in [7, 11) is 0. The molecule has 0 unspecified atom stereocenters. The van der Waals surface area contributed by atoms with Crippen molar-refractivity contribution >= 4 is 23.2 Å². The van der Waals surface area contributed by atoms with Crippen LogP contribution in [0.3, 0.4) is 0 Å². The number of carbonyl (C=O) groups is 2. The Morgan fingerprint density at radius 2 is 1.54 bits per heavy atom. The summed E-state index contributed by atoms with van der Waals surface area (Å²) in [5.74, 6) is -0.0862. The van der Waals surface area contributed by atoms with Crippen molar-refractivity contribution in [2.45, 2.75) is 12.8 Å². The molecule has 0 aromatic heterocycles. The molecule has 1 aliphatic carbocycles. The number of hydrogen-bond donors (Lipinski definition) is 2. The summed E-state index contributed by atoms with van der Waals surface area (Å²) < 4.78 is 24.2. The van der Waals surface area contributed by atoms with Crippen molar-refractivity contribution in [3.8, 4) is 11.5 Å². The van der Waals surface area contributed by atoms with Crippen LogP contribution >= 0.6 is 0 Å². The Morgan fingerprint density at radius 1 is 0.885 bits per heavy atom. The molecule has 0 atom stereocenters. The maximum Gasteiger partial charge on any atom is 0.240 e. The number of nitrogens with one attached hydrogen (secondary N) is 2. The van der Waals surface area contributed by atoms with Gasteiger partial charge in [-0.15, -0.1) is 0 Å². The Hall–Kier alpha value is -3.09. The minimum absolute atomic E-state index is 0.327. The van der Waals surface area contributed by atoms with Crippen molar-refractivity contribution < 1.29 is 23.5 Å². The average molecular weight is 356 g/mol. The van der Waals surface area contributed by atoms with Crippen LogP contribution in [-0.2, 0) is 9.59 Å². The first-order valence-corrected chi connectivity index (χ1v) is 8.35. The fourth-order valence-electron chi connectivity index (χ4n) is 2.87. The molecule has 7 heteroatoms. The van der Waals surface area contributed by atoms with E-state index in [4.69, 9.17) is 9.47 Å². The third-order valence-electron chi connectivity index (χ3n) is 4.50. The highest BCUT2D eigenvalue weighted by Crippen LogP contribution is 2.47. The molecule has 1 saturated carbocycles. The summed E-state index contributed by atoms with van der Waals surface area (Å²) in [6.07, 6.45) is 0.898. The molecule has 2 aromatic rings. The zero-order valence-corrected chi connectivity index (χ0v) is 13.9. The molecular formula is C19H17FN2O4. The van der Waals surface area contributed by atoms with E-state index in [1.54, 1.807) is 24.3 Å². The summed E-state index contributed by atoms with van der Waals surface area (Å²) in [4.78, 5) is 25.2. The molecular weight excluding hydrogens is 339 g/mol. The van der Waals surface area contributed by atoms with Gasteiger partial charge in [0.2, 0.25) is 11.8 Å². The Balaban J connectivity index is 1.46. The van der Waals surface area contributed by atoms with E-state index in [2.05, 4.69) is 10.6 Å². The molecule has 0 saturated heterocycles. The van der Waals surface area contributed by atoms with E-state index < -0.39 is 17.1 Å². The van der Waals surface area contributed by atoms with Crippen molar-refractivity contribution in [1.82, 2.24) is 0 Å². The minimum atomic E-state index is -1.13. The van der Waals surface area contributed by atoms with Gasteiger partial charge < -0.3 is 20.1 Å². The van der Waals surface area contributed by atoms with E-state index in [1.807, 2.05) is 0 Å². The van der Waals surface area contributed by atoms with Gasteiger partial charge in [-0.1, -0.05) is 6.07 Å². The maximum absolute atomic E-state index is 13.3. The van der Waals surface area contributed by atoms with Gasteiger partial charge in [0.05, 0.1) is 0 Å². The van der Waals surface area contributed by atoms with Gasteiger partial charge in [-0.2, -0.15) is 0 Å². The fourth-order valence-corrected chi connectivity index (χ4v) is 2.87. The molecule has 1 fully saturated rings. The molecule has 6 nitrogen and oxygen atoms in total. The topological polar surface area (TPSA) is 76.7 Å². The van der Waals surface area contributed by atoms with Gasteiger partial charge in [0.25, 0.3) is 0 Å². The van der Waals surface area contributed by atoms with E-state index in [0.29, 0.717) is 48.9 Å². The number of amides is 2. The Bertz CT molecular complexity index is 880. The SMILES string of the molecule is O=C(Nc1cccc(F)c1)C1(C(=O)Nc2ccc3c(c2)OCCO3)CC1. The Kier molecular flexibility index (Phi) is 3.99. The molecule has 26 heavy (non-hydrogen) atoms. The first kappa shape index (κ1) is 16.4. The van der Waals surface area contributed by atoms with Crippen LogP contribution in [0.4, 0.5) is 15.8 Å². The Morgan fingerprint density at radius 3 is 2.19 bits per heavy atom. The highest BCUT2D eigenvalue weighted by atomic mass is 19.1. The molecule has 0 spiro atoms. The number of halogens is 1. The molecule has 1 heterocycles. The van der Waals surface area contributed by atoms with Gasteiger partial charge in [-0.25, -0.2) is 4.39 Å². The van der Waals surface area contributed by atoms with Crippen LogP contribution in [-0.4, -0.2) is 25.0 Å². The summed E-state index contributed by atoms with van der Waals surface area (Å²) >= 11 is 0. The highest BCUT2D eigenvalue weighted by molar-refractivity contribution is 6.16. The van der Waals surface area contributed by atoms with Crippen LogP contribution in [0.25, 0.3) is 0 Å². The number of fused-ring (bicyclic) bond motifs is 1. The third kappa shape index (κ3) is 3.08. The molecule has 134 valence electrons.